The average Bonchev–Trinajstić information content (AvgIpc) is 2.06. The third-order valence-electron chi connectivity index (χ3n) is 3.11. The van der Waals surface area contributed by atoms with Gasteiger partial charge < -0.3 is 0 Å². The van der Waals surface area contributed by atoms with E-state index in [1.807, 2.05) is 0 Å². The quantitative estimate of drug-likeness (QED) is 0.588. The zero-order valence-corrected chi connectivity index (χ0v) is 9.61. The average molecular weight is 219 g/mol. The first-order valence-corrected chi connectivity index (χ1v) is 5.43. The molecule has 0 saturated heterocycles. The van der Waals surface area contributed by atoms with Crippen molar-refractivity contribution in [2.45, 2.75) is 44.9 Å². The van der Waals surface area contributed by atoms with Gasteiger partial charge in [0, 0.05) is 4.32 Å². The van der Waals surface area contributed by atoms with Crippen molar-refractivity contribution >= 4 is 15.9 Å². The SMILES string of the molecule is CC(C)C1C(C)CCC1(C)Br. The molecule has 0 spiro atoms. The minimum absolute atomic E-state index is 0.417. The Kier molecular flexibility index (Phi) is 2.68. The molecule has 0 nitrogen and oxygen atoms in total. The largest absolute Gasteiger partial charge is 0.0853 e. The van der Waals surface area contributed by atoms with E-state index >= 15 is 0 Å². The predicted molar refractivity (Wildman–Crippen MR) is 54.1 cm³/mol. The molecule has 11 heavy (non-hydrogen) atoms. The van der Waals surface area contributed by atoms with Gasteiger partial charge in [0.15, 0.2) is 0 Å². The smallest absolute Gasteiger partial charge is 0.0263 e. The third kappa shape index (κ3) is 1.80. The topological polar surface area (TPSA) is 0 Å². The lowest BCUT2D eigenvalue weighted by molar-refractivity contribution is 0.281. The molecule has 0 N–H and O–H groups in total. The van der Waals surface area contributed by atoms with Crippen molar-refractivity contribution in [3.05, 3.63) is 0 Å². The highest BCUT2D eigenvalue weighted by Gasteiger charge is 2.42. The molecule has 0 aliphatic heterocycles. The summed E-state index contributed by atoms with van der Waals surface area (Å²) in [6.07, 6.45) is 2.74. The molecule has 1 fully saturated rings. The van der Waals surface area contributed by atoms with E-state index in [0.717, 1.165) is 17.8 Å². The van der Waals surface area contributed by atoms with Gasteiger partial charge in [0.05, 0.1) is 0 Å². The van der Waals surface area contributed by atoms with Crippen LogP contribution in [0.25, 0.3) is 0 Å². The zero-order valence-electron chi connectivity index (χ0n) is 8.02. The third-order valence-corrected chi connectivity index (χ3v) is 4.04. The van der Waals surface area contributed by atoms with Crippen molar-refractivity contribution in [2.75, 3.05) is 0 Å². The van der Waals surface area contributed by atoms with E-state index in [9.17, 15) is 0 Å². The van der Waals surface area contributed by atoms with Crippen LogP contribution in [-0.4, -0.2) is 4.32 Å². The van der Waals surface area contributed by atoms with Crippen LogP contribution in [0.2, 0.25) is 0 Å². The van der Waals surface area contributed by atoms with Crippen LogP contribution in [0.3, 0.4) is 0 Å². The minimum atomic E-state index is 0.417. The van der Waals surface area contributed by atoms with Gasteiger partial charge in [-0.2, -0.15) is 0 Å². The van der Waals surface area contributed by atoms with Gasteiger partial charge in [0.1, 0.15) is 0 Å². The fourth-order valence-corrected chi connectivity index (χ4v) is 4.01. The first kappa shape index (κ1) is 9.57. The lowest BCUT2D eigenvalue weighted by Gasteiger charge is -2.31. The lowest BCUT2D eigenvalue weighted by atomic mass is 9.82. The number of alkyl halides is 1. The lowest BCUT2D eigenvalue weighted by Crippen LogP contribution is -2.29. The Labute approximate surface area is 78.9 Å². The molecule has 1 rings (SSSR count). The van der Waals surface area contributed by atoms with Crippen molar-refractivity contribution < 1.29 is 0 Å². The summed E-state index contributed by atoms with van der Waals surface area (Å²) in [6, 6.07) is 0. The van der Waals surface area contributed by atoms with Crippen molar-refractivity contribution in [3.63, 3.8) is 0 Å². The molecule has 0 aromatic carbocycles. The maximum absolute atomic E-state index is 3.85. The van der Waals surface area contributed by atoms with E-state index in [2.05, 4.69) is 43.6 Å². The molecule has 1 heteroatoms. The van der Waals surface area contributed by atoms with E-state index in [1.54, 1.807) is 0 Å². The second-order valence-corrected chi connectivity index (χ2v) is 6.38. The Morgan fingerprint density at radius 3 is 2.18 bits per heavy atom. The molecule has 66 valence electrons. The Bertz CT molecular complexity index is 138. The van der Waals surface area contributed by atoms with E-state index in [-0.39, 0.29) is 0 Å². The van der Waals surface area contributed by atoms with Crippen LogP contribution >= 0.6 is 15.9 Å². The van der Waals surface area contributed by atoms with E-state index < -0.39 is 0 Å². The maximum Gasteiger partial charge on any atom is 0.0263 e. The van der Waals surface area contributed by atoms with Crippen LogP contribution in [-0.2, 0) is 0 Å². The normalized spacial score (nSPS) is 45.3. The minimum Gasteiger partial charge on any atom is -0.0853 e. The van der Waals surface area contributed by atoms with Gasteiger partial charge in [-0.3, -0.25) is 0 Å². The molecule has 0 aromatic rings. The summed E-state index contributed by atoms with van der Waals surface area (Å²) in [4.78, 5) is 0. The standard InChI is InChI=1S/C10H19Br/c1-7(2)9-8(3)5-6-10(9,4)11/h7-9H,5-6H2,1-4H3. The molecule has 3 atom stereocenters. The molecule has 0 heterocycles. The molecule has 0 radical (unpaired) electrons. The predicted octanol–water partition coefficient (Wildman–Crippen LogP) is 3.84. The molecule has 0 aromatic heterocycles. The molecular formula is C10H19Br. The fourth-order valence-electron chi connectivity index (χ4n) is 2.80. The summed E-state index contributed by atoms with van der Waals surface area (Å²) in [7, 11) is 0. The maximum atomic E-state index is 3.85. The van der Waals surface area contributed by atoms with Crippen molar-refractivity contribution in [1.82, 2.24) is 0 Å². The van der Waals surface area contributed by atoms with Gasteiger partial charge in [-0.05, 0) is 37.5 Å². The summed E-state index contributed by atoms with van der Waals surface area (Å²) in [6.45, 7) is 9.41. The Hall–Kier alpha value is 0.480. The first-order valence-electron chi connectivity index (χ1n) is 4.64. The van der Waals surface area contributed by atoms with Crippen LogP contribution in [0.4, 0.5) is 0 Å². The van der Waals surface area contributed by atoms with E-state index in [1.165, 1.54) is 12.8 Å². The van der Waals surface area contributed by atoms with Gasteiger partial charge in [-0.15, -0.1) is 0 Å². The number of halogens is 1. The molecule has 1 aliphatic rings. The van der Waals surface area contributed by atoms with Gasteiger partial charge in [0.2, 0.25) is 0 Å². The molecule has 0 amide bonds. The molecule has 1 aliphatic carbocycles. The van der Waals surface area contributed by atoms with Crippen LogP contribution < -0.4 is 0 Å². The molecule has 0 bridgehead atoms. The fraction of sp³-hybridized carbons (Fsp3) is 1.00. The summed E-state index contributed by atoms with van der Waals surface area (Å²) in [5.74, 6) is 2.58. The Balaban J connectivity index is 2.72. The van der Waals surface area contributed by atoms with Crippen molar-refractivity contribution in [1.29, 1.82) is 0 Å². The first-order chi connectivity index (χ1) is 4.95. The van der Waals surface area contributed by atoms with Crippen LogP contribution in [0.15, 0.2) is 0 Å². The Morgan fingerprint density at radius 2 is 2.00 bits per heavy atom. The zero-order chi connectivity index (χ0) is 8.65. The van der Waals surface area contributed by atoms with E-state index in [4.69, 9.17) is 0 Å². The highest BCUT2D eigenvalue weighted by molar-refractivity contribution is 9.10. The van der Waals surface area contributed by atoms with Gasteiger partial charge in [-0.1, -0.05) is 36.7 Å². The second kappa shape index (κ2) is 3.08. The van der Waals surface area contributed by atoms with Gasteiger partial charge in [-0.25, -0.2) is 0 Å². The monoisotopic (exact) mass is 218 g/mol. The van der Waals surface area contributed by atoms with E-state index in [0.29, 0.717) is 4.32 Å². The van der Waals surface area contributed by atoms with Crippen LogP contribution in [0.1, 0.15) is 40.5 Å². The highest BCUT2D eigenvalue weighted by Crippen LogP contribution is 2.49. The highest BCUT2D eigenvalue weighted by atomic mass is 79.9. The summed E-state index contributed by atoms with van der Waals surface area (Å²) in [5.41, 5.74) is 0. The number of hydrogen-bond acceptors (Lipinski definition) is 0. The van der Waals surface area contributed by atoms with Crippen molar-refractivity contribution in [3.8, 4) is 0 Å². The molecule has 3 unspecified atom stereocenters. The van der Waals surface area contributed by atoms with Crippen LogP contribution in [0.5, 0.6) is 0 Å². The summed E-state index contributed by atoms with van der Waals surface area (Å²) < 4.78 is 0.417. The molecular weight excluding hydrogens is 200 g/mol. The second-order valence-electron chi connectivity index (χ2n) is 4.56. The molecule has 1 saturated carbocycles. The number of hydrogen-bond donors (Lipinski definition) is 0. The van der Waals surface area contributed by atoms with Crippen LogP contribution in [0, 0.1) is 17.8 Å². The summed E-state index contributed by atoms with van der Waals surface area (Å²) in [5, 5.41) is 0. The van der Waals surface area contributed by atoms with Gasteiger partial charge in [0.25, 0.3) is 0 Å². The van der Waals surface area contributed by atoms with Crippen molar-refractivity contribution in [2.24, 2.45) is 17.8 Å². The Morgan fingerprint density at radius 1 is 1.45 bits per heavy atom. The summed E-state index contributed by atoms with van der Waals surface area (Å²) >= 11 is 3.85. The van der Waals surface area contributed by atoms with Gasteiger partial charge >= 0.3 is 0 Å². The number of rotatable bonds is 1.